The van der Waals surface area contributed by atoms with Crippen LogP contribution in [0.5, 0.6) is 5.75 Å². The molecule has 3 aromatic rings. The van der Waals surface area contributed by atoms with Crippen molar-refractivity contribution in [2.45, 2.75) is 63.0 Å². The van der Waals surface area contributed by atoms with E-state index in [1.807, 2.05) is 36.5 Å². The van der Waals surface area contributed by atoms with E-state index in [0.717, 1.165) is 58.5 Å². The highest BCUT2D eigenvalue weighted by atomic mass is 32.1. The van der Waals surface area contributed by atoms with Crippen LogP contribution in [0.3, 0.4) is 0 Å². The summed E-state index contributed by atoms with van der Waals surface area (Å²) in [7, 11) is 1.67. The molecule has 2 aromatic heterocycles. The Kier molecular flexibility index (Phi) is 7.08. The number of anilines is 1. The Morgan fingerprint density at radius 1 is 1.09 bits per heavy atom. The standard InChI is InChI=1S/C26H33N5O2S/c1-33-20-9-7-18(8-10-20)23-24(34-22(31-23)17-26(32)12-15-27-16-13-26)21-11-14-28-25(30-21)29-19-5-3-2-4-6-19/h7-11,14,19,27,32H,2-6,12-13,15-17H2,1H3,(H,28,29,30). The predicted molar refractivity (Wildman–Crippen MR) is 136 cm³/mol. The van der Waals surface area contributed by atoms with Gasteiger partial charge in [0.1, 0.15) is 5.75 Å². The molecule has 0 unspecified atom stereocenters. The number of methoxy groups -OCH3 is 1. The Balaban J connectivity index is 1.48. The van der Waals surface area contributed by atoms with E-state index in [1.54, 1.807) is 18.4 Å². The first-order valence-corrected chi connectivity index (χ1v) is 13.1. The van der Waals surface area contributed by atoms with Gasteiger partial charge in [0.25, 0.3) is 0 Å². The van der Waals surface area contributed by atoms with Gasteiger partial charge in [-0.3, -0.25) is 0 Å². The quantitative estimate of drug-likeness (QED) is 0.453. The van der Waals surface area contributed by atoms with Crippen LogP contribution in [-0.2, 0) is 6.42 Å². The zero-order chi connectivity index (χ0) is 23.4. The maximum Gasteiger partial charge on any atom is 0.223 e. The highest BCUT2D eigenvalue weighted by Gasteiger charge is 2.31. The molecule has 2 aliphatic rings. The maximum atomic E-state index is 11.1. The van der Waals surface area contributed by atoms with E-state index in [-0.39, 0.29) is 0 Å². The van der Waals surface area contributed by atoms with Crippen molar-refractivity contribution in [1.82, 2.24) is 20.3 Å². The Morgan fingerprint density at radius 2 is 1.85 bits per heavy atom. The van der Waals surface area contributed by atoms with Crippen molar-refractivity contribution in [2.75, 3.05) is 25.5 Å². The van der Waals surface area contributed by atoms with Crippen LogP contribution in [-0.4, -0.2) is 51.9 Å². The number of thiazole rings is 1. The molecule has 0 atom stereocenters. The van der Waals surface area contributed by atoms with Crippen molar-refractivity contribution in [3.05, 3.63) is 41.5 Å². The van der Waals surface area contributed by atoms with Crippen molar-refractivity contribution < 1.29 is 9.84 Å². The molecule has 0 spiro atoms. The van der Waals surface area contributed by atoms with Crippen molar-refractivity contribution in [2.24, 2.45) is 0 Å². The molecule has 0 radical (unpaired) electrons. The van der Waals surface area contributed by atoms with Gasteiger partial charge in [-0.2, -0.15) is 0 Å². The molecular formula is C26H33N5O2S. The fourth-order valence-corrected chi connectivity index (χ4v) is 6.08. The fourth-order valence-electron chi connectivity index (χ4n) is 4.89. The molecule has 1 aliphatic carbocycles. The normalized spacial score (nSPS) is 18.5. The van der Waals surface area contributed by atoms with Crippen molar-refractivity contribution in [3.63, 3.8) is 0 Å². The van der Waals surface area contributed by atoms with Crippen molar-refractivity contribution in [3.8, 4) is 27.6 Å². The third kappa shape index (κ3) is 5.40. The van der Waals surface area contributed by atoms with E-state index in [0.29, 0.717) is 18.4 Å². The number of benzene rings is 1. The summed E-state index contributed by atoms with van der Waals surface area (Å²) in [4.78, 5) is 15.4. The number of ether oxygens (including phenoxy) is 1. The molecule has 8 heteroatoms. The van der Waals surface area contributed by atoms with E-state index < -0.39 is 5.60 Å². The number of nitrogens with zero attached hydrogens (tertiary/aromatic N) is 3. The summed E-state index contributed by atoms with van der Waals surface area (Å²) >= 11 is 1.62. The molecule has 7 nitrogen and oxygen atoms in total. The average Bonchev–Trinajstić information content (AvgIpc) is 3.28. The van der Waals surface area contributed by atoms with Gasteiger partial charge in [0, 0.05) is 24.2 Å². The first kappa shape index (κ1) is 23.2. The summed E-state index contributed by atoms with van der Waals surface area (Å²) in [6.07, 6.45) is 10.0. The number of aromatic nitrogens is 3. The lowest BCUT2D eigenvalue weighted by Crippen LogP contribution is -2.43. The van der Waals surface area contributed by atoms with E-state index in [1.165, 1.54) is 32.1 Å². The molecule has 1 saturated heterocycles. The highest BCUT2D eigenvalue weighted by Crippen LogP contribution is 2.38. The fraction of sp³-hybridized carbons (Fsp3) is 0.500. The summed E-state index contributed by atoms with van der Waals surface area (Å²) in [6, 6.07) is 10.4. The minimum Gasteiger partial charge on any atom is -0.497 e. The maximum absolute atomic E-state index is 11.1. The molecule has 3 N–H and O–H groups in total. The first-order valence-electron chi connectivity index (χ1n) is 12.3. The van der Waals surface area contributed by atoms with Gasteiger partial charge in [-0.05, 0) is 69.1 Å². The Labute approximate surface area is 205 Å². The lowest BCUT2D eigenvalue weighted by molar-refractivity contribution is 0.0108. The smallest absolute Gasteiger partial charge is 0.223 e. The molecule has 1 aliphatic heterocycles. The average molecular weight is 480 g/mol. The van der Waals surface area contributed by atoms with Crippen molar-refractivity contribution in [1.29, 1.82) is 0 Å². The summed E-state index contributed by atoms with van der Waals surface area (Å²) in [5.74, 6) is 1.49. The number of aliphatic hydroxyl groups is 1. The van der Waals surface area contributed by atoms with Gasteiger partial charge in [-0.15, -0.1) is 11.3 Å². The van der Waals surface area contributed by atoms with Crippen LogP contribution in [0, 0.1) is 0 Å². The van der Waals surface area contributed by atoms with Gasteiger partial charge >= 0.3 is 0 Å². The van der Waals surface area contributed by atoms with Gasteiger partial charge in [0.15, 0.2) is 0 Å². The monoisotopic (exact) mass is 479 g/mol. The molecule has 0 bridgehead atoms. The number of hydrogen-bond acceptors (Lipinski definition) is 8. The third-order valence-corrected chi connectivity index (χ3v) is 7.95. The number of rotatable bonds is 7. The van der Waals surface area contributed by atoms with Crippen LogP contribution in [0.25, 0.3) is 21.8 Å². The topological polar surface area (TPSA) is 92.2 Å². The molecule has 0 amide bonds. The predicted octanol–water partition coefficient (Wildman–Crippen LogP) is 4.68. The van der Waals surface area contributed by atoms with Crippen molar-refractivity contribution >= 4 is 17.3 Å². The molecule has 1 saturated carbocycles. The van der Waals surface area contributed by atoms with Gasteiger partial charge < -0.3 is 20.5 Å². The molecule has 1 aromatic carbocycles. The molecule has 2 fully saturated rings. The minimum absolute atomic E-state index is 0.441. The largest absolute Gasteiger partial charge is 0.497 e. The molecule has 180 valence electrons. The van der Waals surface area contributed by atoms with Crippen LogP contribution < -0.4 is 15.4 Å². The molecule has 3 heterocycles. The van der Waals surface area contributed by atoms with Crippen LogP contribution in [0.1, 0.15) is 50.0 Å². The van der Waals surface area contributed by atoms with Crippen LogP contribution in [0.15, 0.2) is 36.5 Å². The van der Waals surface area contributed by atoms with Gasteiger partial charge in [-0.25, -0.2) is 15.0 Å². The Morgan fingerprint density at radius 3 is 2.59 bits per heavy atom. The van der Waals surface area contributed by atoms with E-state index in [9.17, 15) is 5.11 Å². The lowest BCUT2D eigenvalue weighted by Gasteiger charge is -2.31. The van der Waals surface area contributed by atoms with Gasteiger partial charge in [-0.1, -0.05) is 19.3 Å². The van der Waals surface area contributed by atoms with Gasteiger partial charge in [0.05, 0.1) is 34.0 Å². The Bertz CT molecular complexity index is 1090. The second-order valence-corrected chi connectivity index (χ2v) is 10.5. The number of piperidine rings is 1. The molecule has 5 rings (SSSR count). The number of nitrogens with one attached hydrogen (secondary N) is 2. The minimum atomic E-state index is -0.711. The third-order valence-electron chi connectivity index (χ3n) is 6.88. The summed E-state index contributed by atoms with van der Waals surface area (Å²) in [6.45, 7) is 1.67. The summed E-state index contributed by atoms with van der Waals surface area (Å²) in [5, 5.41) is 18.9. The Hall–Kier alpha value is -2.55. The van der Waals surface area contributed by atoms with E-state index >= 15 is 0 Å². The first-order chi connectivity index (χ1) is 16.6. The van der Waals surface area contributed by atoms with E-state index in [4.69, 9.17) is 14.7 Å². The zero-order valence-electron chi connectivity index (χ0n) is 19.7. The second kappa shape index (κ2) is 10.4. The van der Waals surface area contributed by atoms with Crippen LogP contribution >= 0.6 is 11.3 Å². The van der Waals surface area contributed by atoms with Gasteiger partial charge in [0.2, 0.25) is 5.95 Å². The zero-order valence-corrected chi connectivity index (χ0v) is 20.5. The van der Waals surface area contributed by atoms with Crippen LogP contribution in [0.2, 0.25) is 0 Å². The second-order valence-electron chi connectivity index (χ2n) is 9.41. The number of hydrogen-bond donors (Lipinski definition) is 3. The summed E-state index contributed by atoms with van der Waals surface area (Å²) < 4.78 is 5.34. The lowest BCUT2D eigenvalue weighted by atomic mass is 9.89. The summed E-state index contributed by atoms with van der Waals surface area (Å²) in [5.41, 5.74) is 2.05. The highest BCUT2D eigenvalue weighted by molar-refractivity contribution is 7.15. The molecule has 34 heavy (non-hydrogen) atoms. The SMILES string of the molecule is COc1ccc(-c2nc(CC3(O)CCNCC3)sc2-c2ccnc(NC3CCCCC3)n2)cc1. The van der Waals surface area contributed by atoms with E-state index in [2.05, 4.69) is 15.6 Å². The molecular weight excluding hydrogens is 446 g/mol. The van der Waals surface area contributed by atoms with Crippen LogP contribution in [0.4, 0.5) is 5.95 Å².